The molecule has 0 radical (unpaired) electrons. The Bertz CT molecular complexity index is 688. The topological polar surface area (TPSA) is 55.4 Å². The third kappa shape index (κ3) is 7.10. The Balaban J connectivity index is 1.81. The van der Waals surface area contributed by atoms with Gasteiger partial charge in [0.1, 0.15) is 5.75 Å². The molecule has 1 amide bonds. The van der Waals surface area contributed by atoms with E-state index in [0.717, 1.165) is 12.8 Å². The molecule has 134 valence electrons. The highest BCUT2D eigenvalue weighted by molar-refractivity contribution is 7.84. The average molecular weight is 359 g/mol. The maximum absolute atomic E-state index is 12.0. The Morgan fingerprint density at radius 3 is 2.56 bits per heavy atom. The quantitative estimate of drug-likeness (QED) is 0.657. The SMILES string of the molecule is CCS(=O)CCC(=O)Nc1ccccc1OCCCc1ccccc1. The van der Waals surface area contributed by atoms with Gasteiger partial charge in [-0.25, -0.2) is 0 Å². The highest BCUT2D eigenvalue weighted by atomic mass is 32.2. The molecule has 0 heterocycles. The molecule has 2 aromatic rings. The molecule has 0 saturated carbocycles. The van der Waals surface area contributed by atoms with Crippen molar-refractivity contribution in [2.75, 3.05) is 23.4 Å². The van der Waals surface area contributed by atoms with E-state index in [4.69, 9.17) is 4.74 Å². The summed E-state index contributed by atoms with van der Waals surface area (Å²) in [6.07, 6.45) is 2.11. The Morgan fingerprint density at radius 1 is 1.08 bits per heavy atom. The molecule has 25 heavy (non-hydrogen) atoms. The lowest BCUT2D eigenvalue weighted by Crippen LogP contribution is -2.16. The second-order valence-electron chi connectivity index (χ2n) is 5.66. The summed E-state index contributed by atoms with van der Waals surface area (Å²) >= 11 is 0. The minimum absolute atomic E-state index is 0.137. The van der Waals surface area contributed by atoms with Gasteiger partial charge < -0.3 is 10.1 Å². The number of aryl methyl sites for hydroxylation is 1. The monoisotopic (exact) mass is 359 g/mol. The summed E-state index contributed by atoms with van der Waals surface area (Å²) in [5, 5.41) is 2.85. The van der Waals surface area contributed by atoms with Crippen molar-refractivity contribution >= 4 is 22.4 Å². The first-order valence-corrected chi connectivity index (χ1v) is 10.1. The van der Waals surface area contributed by atoms with Crippen LogP contribution in [-0.4, -0.2) is 28.2 Å². The summed E-state index contributed by atoms with van der Waals surface area (Å²) in [5.74, 6) is 1.50. The predicted octanol–water partition coefficient (Wildman–Crippen LogP) is 3.80. The van der Waals surface area contributed by atoms with E-state index in [-0.39, 0.29) is 12.3 Å². The summed E-state index contributed by atoms with van der Waals surface area (Å²) in [6, 6.07) is 17.7. The van der Waals surface area contributed by atoms with Crippen LogP contribution < -0.4 is 10.1 Å². The van der Waals surface area contributed by atoms with Crippen molar-refractivity contribution in [2.45, 2.75) is 26.2 Å². The highest BCUT2D eigenvalue weighted by Gasteiger charge is 2.09. The minimum Gasteiger partial charge on any atom is -0.491 e. The summed E-state index contributed by atoms with van der Waals surface area (Å²) in [7, 11) is -0.927. The van der Waals surface area contributed by atoms with E-state index < -0.39 is 10.8 Å². The Kier molecular flexibility index (Phi) is 8.19. The molecular weight excluding hydrogens is 334 g/mol. The maximum Gasteiger partial charge on any atom is 0.225 e. The van der Waals surface area contributed by atoms with Crippen LogP contribution >= 0.6 is 0 Å². The molecule has 0 aromatic heterocycles. The number of ether oxygens (including phenoxy) is 1. The van der Waals surface area contributed by atoms with E-state index in [1.54, 1.807) is 0 Å². The number of anilines is 1. The van der Waals surface area contributed by atoms with Gasteiger partial charge in [0, 0.05) is 28.7 Å². The fourth-order valence-electron chi connectivity index (χ4n) is 2.36. The van der Waals surface area contributed by atoms with Crippen LogP contribution in [0.15, 0.2) is 54.6 Å². The Hall–Kier alpha value is -2.14. The number of benzene rings is 2. The lowest BCUT2D eigenvalue weighted by molar-refractivity contribution is -0.115. The molecule has 0 aliphatic carbocycles. The van der Waals surface area contributed by atoms with Crippen LogP contribution in [-0.2, 0) is 22.0 Å². The fraction of sp³-hybridized carbons (Fsp3) is 0.350. The van der Waals surface area contributed by atoms with Crippen molar-refractivity contribution in [3.63, 3.8) is 0 Å². The number of amides is 1. The van der Waals surface area contributed by atoms with Crippen LogP contribution in [0, 0.1) is 0 Å². The summed E-state index contributed by atoms with van der Waals surface area (Å²) in [4.78, 5) is 12.0. The third-order valence-corrected chi connectivity index (χ3v) is 5.05. The van der Waals surface area contributed by atoms with Crippen LogP contribution in [0.4, 0.5) is 5.69 Å². The fourth-order valence-corrected chi connectivity index (χ4v) is 3.06. The average Bonchev–Trinajstić information content (AvgIpc) is 2.65. The Labute approximate surface area is 152 Å². The zero-order valence-corrected chi connectivity index (χ0v) is 15.4. The molecule has 2 aromatic carbocycles. The van der Waals surface area contributed by atoms with Crippen LogP contribution in [0.5, 0.6) is 5.75 Å². The van der Waals surface area contributed by atoms with E-state index in [1.165, 1.54) is 5.56 Å². The largest absolute Gasteiger partial charge is 0.491 e. The number of carbonyl (C=O) groups excluding carboxylic acids is 1. The standard InChI is InChI=1S/C20H25NO3S/c1-2-25(23)16-14-20(22)21-18-12-6-7-13-19(18)24-15-8-11-17-9-4-3-5-10-17/h3-7,9-10,12-13H,2,8,11,14-16H2,1H3,(H,21,22). The maximum atomic E-state index is 12.0. The molecule has 0 bridgehead atoms. The molecule has 0 aliphatic rings. The molecular formula is C20H25NO3S. The van der Waals surface area contributed by atoms with Gasteiger partial charge in [0.05, 0.1) is 12.3 Å². The second kappa shape index (κ2) is 10.7. The molecule has 0 aliphatic heterocycles. The van der Waals surface area contributed by atoms with Gasteiger partial charge in [0.15, 0.2) is 0 Å². The van der Waals surface area contributed by atoms with Gasteiger partial charge in [0.2, 0.25) is 5.91 Å². The van der Waals surface area contributed by atoms with Gasteiger partial charge in [-0.15, -0.1) is 0 Å². The van der Waals surface area contributed by atoms with Crippen molar-refractivity contribution in [3.05, 3.63) is 60.2 Å². The van der Waals surface area contributed by atoms with E-state index in [9.17, 15) is 9.00 Å². The van der Waals surface area contributed by atoms with Gasteiger partial charge in [-0.1, -0.05) is 49.4 Å². The van der Waals surface area contributed by atoms with Gasteiger partial charge in [0.25, 0.3) is 0 Å². The van der Waals surface area contributed by atoms with E-state index in [2.05, 4.69) is 17.4 Å². The lowest BCUT2D eigenvalue weighted by Gasteiger charge is -2.12. The summed E-state index contributed by atoms with van der Waals surface area (Å²) in [6.45, 7) is 2.44. The summed E-state index contributed by atoms with van der Waals surface area (Å²) in [5.41, 5.74) is 1.95. The molecule has 0 spiro atoms. The first-order valence-electron chi connectivity index (χ1n) is 8.59. The number of rotatable bonds is 10. The van der Waals surface area contributed by atoms with Gasteiger partial charge in [-0.3, -0.25) is 9.00 Å². The number of hydrogen-bond acceptors (Lipinski definition) is 3. The molecule has 0 saturated heterocycles. The minimum atomic E-state index is -0.927. The zero-order chi connectivity index (χ0) is 17.9. The zero-order valence-electron chi connectivity index (χ0n) is 14.6. The van der Waals surface area contributed by atoms with Gasteiger partial charge in [-0.2, -0.15) is 0 Å². The molecule has 2 rings (SSSR count). The van der Waals surface area contributed by atoms with Gasteiger partial charge in [-0.05, 0) is 30.5 Å². The van der Waals surface area contributed by atoms with Crippen molar-refractivity contribution in [3.8, 4) is 5.75 Å². The second-order valence-corrected chi connectivity index (χ2v) is 7.53. The molecule has 5 heteroatoms. The third-order valence-electron chi connectivity index (χ3n) is 3.75. The van der Waals surface area contributed by atoms with E-state index in [1.807, 2.05) is 49.4 Å². The predicted molar refractivity (Wildman–Crippen MR) is 103 cm³/mol. The van der Waals surface area contributed by atoms with Crippen LogP contribution in [0.2, 0.25) is 0 Å². The summed E-state index contributed by atoms with van der Waals surface area (Å²) < 4.78 is 17.3. The number of carbonyl (C=O) groups is 1. The number of para-hydroxylation sites is 2. The van der Waals surface area contributed by atoms with Crippen LogP contribution in [0.3, 0.4) is 0 Å². The smallest absolute Gasteiger partial charge is 0.225 e. The number of nitrogens with one attached hydrogen (secondary N) is 1. The molecule has 1 atom stereocenters. The number of hydrogen-bond donors (Lipinski definition) is 1. The molecule has 0 fully saturated rings. The lowest BCUT2D eigenvalue weighted by atomic mass is 10.1. The van der Waals surface area contributed by atoms with Crippen molar-refractivity contribution in [1.29, 1.82) is 0 Å². The Morgan fingerprint density at radius 2 is 1.80 bits per heavy atom. The van der Waals surface area contributed by atoms with Crippen LogP contribution in [0.1, 0.15) is 25.3 Å². The van der Waals surface area contributed by atoms with Crippen molar-refractivity contribution in [1.82, 2.24) is 0 Å². The first kappa shape index (κ1) is 19.2. The van der Waals surface area contributed by atoms with Crippen LogP contribution in [0.25, 0.3) is 0 Å². The highest BCUT2D eigenvalue weighted by Crippen LogP contribution is 2.24. The van der Waals surface area contributed by atoms with Crippen molar-refractivity contribution in [2.24, 2.45) is 0 Å². The van der Waals surface area contributed by atoms with Crippen molar-refractivity contribution < 1.29 is 13.7 Å². The molecule has 4 nitrogen and oxygen atoms in total. The first-order chi connectivity index (χ1) is 12.2. The van der Waals surface area contributed by atoms with E-state index in [0.29, 0.717) is 29.5 Å². The van der Waals surface area contributed by atoms with Gasteiger partial charge >= 0.3 is 0 Å². The molecule has 1 N–H and O–H groups in total. The normalized spacial score (nSPS) is 11.7. The van der Waals surface area contributed by atoms with E-state index >= 15 is 0 Å². The molecule has 1 unspecified atom stereocenters.